The van der Waals surface area contributed by atoms with Crippen LogP contribution in [0.5, 0.6) is 0 Å². The van der Waals surface area contributed by atoms with Gasteiger partial charge in [0.25, 0.3) is 5.91 Å². The van der Waals surface area contributed by atoms with Crippen molar-refractivity contribution in [2.45, 2.75) is 19.9 Å². The lowest BCUT2D eigenvalue weighted by Gasteiger charge is -2.36. The third kappa shape index (κ3) is 3.95. The second kappa shape index (κ2) is 8.31. The Hall–Kier alpha value is -3.13. The van der Waals surface area contributed by atoms with E-state index in [0.717, 1.165) is 17.2 Å². The SMILES string of the molecule is Cc1ccc(-c2noc(C(C)N3CCN(C(=O)c4cccc(F)c4F)CC3)n2)cc1. The van der Waals surface area contributed by atoms with E-state index in [1.165, 1.54) is 17.0 Å². The molecule has 156 valence electrons. The van der Waals surface area contributed by atoms with E-state index in [9.17, 15) is 13.6 Å². The molecule has 1 atom stereocenters. The van der Waals surface area contributed by atoms with Crippen LogP contribution < -0.4 is 0 Å². The van der Waals surface area contributed by atoms with Gasteiger partial charge in [-0.15, -0.1) is 0 Å². The van der Waals surface area contributed by atoms with E-state index in [4.69, 9.17) is 4.52 Å². The number of halogens is 2. The molecule has 6 nitrogen and oxygen atoms in total. The lowest BCUT2D eigenvalue weighted by atomic mass is 10.1. The van der Waals surface area contributed by atoms with Crippen molar-refractivity contribution in [2.24, 2.45) is 0 Å². The molecule has 0 spiro atoms. The molecule has 8 heteroatoms. The van der Waals surface area contributed by atoms with Crippen molar-refractivity contribution in [1.29, 1.82) is 0 Å². The average Bonchev–Trinajstić information content (AvgIpc) is 3.25. The van der Waals surface area contributed by atoms with Gasteiger partial charge in [0, 0.05) is 31.7 Å². The van der Waals surface area contributed by atoms with Crippen LogP contribution in [-0.2, 0) is 0 Å². The third-order valence-corrected chi connectivity index (χ3v) is 5.44. The molecule has 0 saturated carbocycles. The summed E-state index contributed by atoms with van der Waals surface area (Å²) in [5.74, 6) is -1.59. The van der Waals surface area contributed by atoms with Gasteiger partial charge in [-0.3, -0.25) is 9.69 Å². The molecule has 1 saturated heterocycles. The van der Waals surface area contributed by atoms with Gasteiger partial charge in [-0.05, 0) is 26.0 Å². The number of aromatic nitrogens is 2. The van der Waals surface area contributed by atoms with Crippen LogP contribution in [0.25, 0.3) is 11.4 Å². The summed E-state index contributed by atoms with van der Waals surface area (Å²) in [6, 6.07) is 11.4. The highest BCUT2D eigenvalue weighted by Crippen LogP contribution is 2.24. The molecular formula is C22H22F2N4O2. The van der Waals surface area contributed by atoms with Gasteiger partial charge >= 0.3 is 0 Å². The van der Waals surface area contributed by atoms with E-state index in [2.05, 4.69) is 15.0 Å². The van der Waals surface area contributed by atoms with Crippen LogP contribution in [0.3, 0.4) is 0 Å². The van der Waals surface area contributed by atoms with Gasteiger partial charge in [0.15, 0.2) is 11.6 Å². The number of amides is 1. The zero-order valence-corrected chi connectivity index (χ0v) is 16.8. The van der Waals surface area contributed by atoms with Gasteiger partial charge in [-0.2, -0.15) is 4.98 Å². The zero-order chi connectivity index (χ0) is 21.3. The first kappa shape index (κ1) is 20.2. The van der Waals surface area contributed by atoms with Crippen LogP contribution in [0, 0.1) is 18.6 Å². The number of carbonyl (C=O) groups is 1. The van der Waals surface area contributed by atoms with Gasteiger partial charge in [0.05, 0.1) is 11.6 Å². The minimum atomic E-state index is -1.10. The van der Waals surface area contributed by atoms with E-state index < -0.39 is 17.5 Å². The molecule has 2 heterocycles. The summed E-state index contributed by atoms with van der Waals surface area (Å²) < 4.78 is 32.8. The first-order valence-corrected chi connectivity index (χ1v) is 9.82. The maximum atomic E-state index is 13.9. The smallest absolute Gasteiger partial charge is 0.257 e. The van der Waals surface area contributed by atoms with Crippen LogP contribution in [0.4, 0.5) is 8.78 Å². The Morgan fingerprint density at radius 3 is 2.47 bits per heavy atom. The molecule has 1 fully saturated rings. The first-order valence-electron chi connectivity index (χ1n) is 9.82. The summed E-state index contributed by atoms with van der Waals surface area (Å²) in [5.41, 5.74) is 1.80. The van der Waals surface area contributed by atoms with Gasteiger partial charge in [-0.1, -0.05) is 41.1 Å². The number of nitrogens with zero attached hydrogens (tertiary/aromatic N) is 4. The number of hydrogen-bond donors (Lipinski definition) is 0. The van der Waals surface area contributed by atoms with Crippen LogP contribution in [0.1, 0.15) is 34.8 Å². The molecular weight excluding hydrogens is 390 g/mol. The third-order valence-electron chi connectivity index (χ3n) is 5.44. The maximum Gasteiger partial charge on any atom is 0.257 e. The number of piperazine rings is 1. The van der Waals surface area contributed by atoms with E-state index in [1.807, 2.05) is 38.1 Å². The van der Waals surface area contributed by atoms with E-state index in [1.54, 1.807) is 0 Å². The quantitative estimate of drug-likeness (QED) is 0.652. The van der Waals surface area contributed by atoms with E-state index in [0.29, 0.717) is 37.9 Å². The molecule has 30 heavy (non-hydrogen) atoms. The van der Waals surface area contributed by atoms with Gasteiger partial charge in [0.1, 0.15) is 0 Å². The second-order valence-corrected chi connectivity index (χ2v) is 7.43. The summed E-state index contributed by atoms with van der Waals surface area (Å²) >= 11 is 0. The van der Waals surface area contributed by atoms with Gasteiger partial charge in [0.2, 0.25) is 11.7 Å². The molecule has 0 N–H and O–H groups in total. The normalized spacial score (nSPS) is 15.9. The minimum Gasteiger partial charge on any atom is -0.337 e. The Kier molecular flexibility index (Phi) is 5.59. The fourth-order valence-corrected chi connectivity index (χ4v) is 3.53. The Balaban J connectivity index is 1.40. The van der Waals surface area contributed by atoms with Crippen LogP contribution in [-0.4, -0.2) is 52.0 Å². The Labute approximate surface area is 173 Å². The molecule has 1 unspecified atom stereocenters. The highest BCUT2D eigenvalue weighted by Gasteiger charge is 2.29. The van der Waals surface area contributed by atoms with Crippen LogP contribution in [0.2, 0.25) is 0 Å². The number of carbonyl (C=O) groups excluding carboxylic acids is 1. The maximum absolute atomic E-state index is 13.9. The lowest BCUT2D eigenvalue weighted by Crippen LogP contribution is -2.49. The largest absolute Gasteiger partial charge is 0.337 e. The Bertz CT molecular complexity index is 1040. The highest BCUT2D eigenvalue weighted by molar-refractivity contribution is 5.94. The molecule has 3 aromatic rings. The molecule has 4 rings (SSSR count). The van der Waals surface area contributed by atoms with Crippen molar-refractivity contribution in [2.75, 3.05) is 26.2 Å². The summed E-state index contributed by atoms with van der Waals surface area (Å²) in [7, 11) is 0. The molecule has 0 aliphatic carbocycles. The molecule has 1 aromatic heterocycles. The fraction of sp³-hybridized carbons (Fsp3) is 0.318. The van der Waals surface area contributed by atoms with Crippen LogP contribution >= 0.6 is 0 Å². The fourth-order valence-electron chi connectivity index (χ4n) is 3.53. The van der Waals surface area contributed by atoms with Crippen molar-refractivity contribution in [1.82, 2.24) is 19.9 Å². The van der Waals surface area contributed by atoms with Crippen LogP contribution in [0.15, 0.2) is 47.0 Å². The standard InChI is InChI=1S/C22H22F2N4O2/c1-14-6-8-16(9-7-14)20-25-21(30-26-20)15(2)27-10-12-28(13-11-27)22(29)17-4-3-5-18(23)19(17)24/h3-9,15H,10-13H2,1-2H3. The average molecular weight is 412 g/mol. The zero-order valence-electron chi connectivity index (χ0n) is 16.8. The molecule has 0 bridgehead atoms. The number of rotatable bonds is 4. The minimum absolute atomic E-state index is 0.125. The molecule has 2 aromatic carbocycles. The van der Waals surface area contributed by atoms with Crippen molar-refractivity contribution < 1.29 is 18.1 Å². The van der Waals surface area contributed by atoms with Gasteiger partial charge in [-0.25, -0.2) is 8.78 Å². The monoisotopic (exact) mass is 412 g/mol. The van der Waals surface area contributed by atoms with Crippen molar-refractivity contribution >= 4 is 5.91 Å². The van der Waals surface area contributed by atoms with Crippen molar-refractivity contribution in [3.63, 3.8) is 0 Å². The predicted molar refractivity (Wildman–Crippen MR) is 107 cm³/mol. The molecule has 0 radical (unpaired) electrons. The lowest BCUT2D eigenvalue weighted by molar-refractivity contribution is 0.0546. The van der Waals surface area contributed by atoms with E-state index >= 15 is 0 Å². The molecule has 1 aliphatic rings. The first-order chi connectivity index (χ1) is 14.4. The number of hydrogen-bond acceptors (Lipinski definition) is 5. The van der Waals surface area contributed by atoms with Gasteiger partial charge < -0.3 is 9.42 Å². The Morgan fingerprint density at radius 2 is 1.77 bits per heavy atom. The summed E-state index contributed by atoms with van der Waals surface area (Å²) in [5, 5.41) is 4.08. The van der Waals surface area contributed by atoms with Crippen molar-refractivity contribution in [3.05, 3.63) is 71.1 Å². The second-order valence-electron chi connectivity index (χ2n) is 7.43. The number of aryl methyl sites for hydroxylation is 1. The Morgan fingerprint density at radius 1 is 1.07 bits per heavy atom. The summed E-state index contributed by atoms with van der Waals surface area (Å²) in [6.45, 7) is 5.91. The van der Waals surface area contributed by atoms with Crippen molar-refractivity contribution in [3.8, 4) is 11.4 Å². The highest BCUT2D eigenvalue weighted by atomic mass is 19.2. The summed E-state index contributed by atoms with van der Waals surface area (Å²) in [4.78, 5) is 20.7. The summed E-state index contributed by atoms with van der Waals surface area (Å²) in [6.07, 6.45) is 0. The topological polar surface area (TPSA) is 62.5 Å². The molecule has 1 aliphatic heterocycles. The predicted octanol–water partition coefficient (Wildman–Crippen LogP) is 3.84. The molecule has 1 amide bonds. The van der Waals surface area contributed by atoms with E-state index in [-0.39, 0.29) is 11.6 Å². The number of benzene rings is 2.